The molecule has 14 nitrogen and oxygen atoms in total. The Kier molecular flexibility index (Phi) is 6.98. The van der Waals surface area contributed by atoms with Crippen molar-refractivity contribution in [1.29, 1.82) is 0 Å². The topological polar surface area (TPSA) is 210 Å². The van der Waals surface area contributed by atoms with Crippen molar-refractivity contribution in [1.82, 2.24) is 29.9 Å². The van der Waals surface area contributed by atoms with E-state index in [1.807, 2.05) is 0 Å². The van der Waals surface area contributed by atoms with Gasteiger partial charge in [-0.3, -0.25) is 9.11 Å². The summed E-state index contributed by atoms with van der Waals surface area (Å²) >= 11 is 11.7. The Balaban J connectivity index is 1.79. The molecule has 4 rings (SSSR count). The number of halogens is 2. The normalized spacial score (nSPS) is 11.8. The summed E-state index contributed by atoms with van der Waals surface area (Å²) in [5.41, 5.74) is -0.171. The minimum absolute atomic E-state index is 0.155. The lowest BCUT2D eigenvalue weighted by Crippen LogP contribution is -2.09. The van der Waals surface area contributed by atoms with Crippen LogP contribution in [-0.4, -0.2) is 55.8 Å². The van der Waals surface area contributed by atoms with Gasteiger partial charge >= 0.3 is 0 Å². The number of hydrogen-bond acceptors (Lipinski definition) is 12. The van der Waals surface area contributed by atoms with Gasteiger partial charge in [0.2, 0.25) is 28.8 Å². The predicted octanol–water partition coefficient (Wildman–Crippen LogP) is 2.81. The van der Waals surface area contributed by atoms with Crippen molar-refractivity contribution in [2.45, 2.75) is 9.79 Å². The molecule has 0 aliphatic carbocycles. The highest BCUT2D eigenvalue weighted by atomic mass is 35.5. The number of nitrogens with one attached hydrogen (secondary N) is 2. The standard InChI is InChI=1S/C18H11Cl2N8O6S2/c19-15-21-8-22-17(27-15)24-12-6-2-5-11(13(12)36(32,33)34)14-25-16(20)28-18(26-14)23-9-3-1-4-10(7-9)35(29,30)31/h1-7H,(H,29,30,31)(H,32,33,34)(H,21,22,24,27)(H,23,25,26,28). The molecule has 2 heterocycles. The Morgan fingerprint density at radius 1 is 0.778 bits per heavy atom. The van der Waals surface area contributed by atoms with E-state index in [1.54, 1.807) is 0 Å². The average Bonchev–Trinajstić information content (AvgIpc) is 2.77. The van der Waals surface area contributed by atoms with Crippen molar-refractivity contribution in [3.8, 4) is 11.4 Å². The predicted molar refractivity (Wildman–Crippen MR) is 127 cm³/mol. The van der Waals surface area contributed by atoms with Crippen LogP contribution in [0.25, 0.3) is 11.4 Å². The maximum absolute atomic E-state index is 12.3. The monoisotopic (exact) mass is 569 g/mol. The number of anilines is 4. The van der Waals surface area contributed by atoms with Gasteiger partial charge in [-0.2, -0.15) is 46.7 Å². The summed E-state index contributed by atoms with van der Waals surface area (Å²) in [6.45, 7) is 0. The van der Waals surface area contributed by atoms with Gasteiger partial charge in [0.15, 0.2) is 5.82 Å². The fourth-order valence-corrected chi connectivity index (χ4v) is 4.55. The van der Waals surface area contributed by atoms with Crippen LogP contribution in [0.15, 0.2) is 52.3 Å². The third kappa shape index (κ3) is 5.99. The van der Waals surface area contributed by atoms with Gasteiger partial charge in [-0.15, -0.1) is 0 Å². The lowest BCUT2D eigenvalue weighted by atomic mass is 10.2. The van der Waals surface area contributed by atoms with Gasteiger partial charge in [0.25, 0.3) is 20.2 Å². The van der Waals surface area contributed by atoms with Crippen LogP contribution in [0.4, 0.5) is 23.3 Å². The van der Waals surface area contributed by atoms with Crippen molar-refractivity contribution in [2.24, 2.45) is 0 Å². The van der Waals surface area contributed by atoms with Gasteiger partial charge in [0.05, 0.1) is 10.6 Å². The first-order valence-corrected chi connectivity index (χ1v) is 13.0. The highest BCUT2D eigenvalue weighted by Crippen LogP contribution is 2.33. The van der Waals surface area contributed by atoms with Crippen molar-refractivity contribution in [2.75, 3.05) is 10.6 Å². The second-order valence-electron chi connectivity index (χ2n) is 6.69. The van der Waals surface area contributed by atoms with Crippen molar-refractivity contribution >= 4 is 66.7 Å². The van der Waals surface area contributed by atoms with Gasteiger partial charge in [-0.25, -0.2) is 0 Å². The van der Waals surface area contributed by atoms with Crippen LogP contribution in [0, 0.1) is 6.33 Å². The highest BCUT2D eigenvalue weighted by molar-refractivity contribution is 7.86. The summed E-state index contributed by atoms with van der Waals surface area (Å²) in [6, 6.07) is 9.13. The first-order chi connectivity index (χ1) is 16.9. The van der Waals surface area contributed by atoms with E-state index in [1.165, 1.54) is 36.4 Å². The molecule has 0 saturated carbocycles. The zero-order valence-corrected chi connectivity index (χ0v) is 20.5. The molecule has 18 heteroatoms. The molecule has 0 fully saturated rings. The molecule has 0 amide bonds. The maximum atomic E-state index is 12.3. The summed E-state index contributed by atoms with van der Waals surface area (Å²) in [5.74, 6) is -0.622. The Labute approximate surface area is 213 Å². The fraction of sp³-hybridized carbons (Fsp3) is 0. The summed E-state index contributed by atoms with van der Waals surface area (Å²) in [4.78, 5) is 21.9. The minimum Gasteiger partial charge on any atom is -0.324 e. The zero-order chi connectivity index (χ0) is 26.1. The lowest BCUT2D eigenvalue weighted by Gasteiger charge is -2.13. The molecule has 1 radical (unpaired) electrons. The molecule has 0 aliphatic heterocycles. The van der Waals surface area contributed by atoms with Crippen molar-refractivity contribution in [3.05, 3.63) is 59.4 Å². The van der Waals surface area contributed by atoms with E-state index in [-0.39, 0.29) is 45.2 Å². The molecule has 4 aromatic rings. The van der Waals surface area contributed by atoms with Crippen molar-refractivity contribution < 1.29 is 25.9 Å². The minimum atomic E-state index is -4.88. The summed E-state index contributed by atoms with van der Waals surface area (Å²) in [7, 11) is -9.36. The second kappa shape index (κ2) is 9.84. The Morgan fingerprint density at radius 3 is 2.19 bits per heavy atom. The highest BCUT2D eigenvalue weighted by Gasteiger charge is 2.24. The van der Waals surface area contributed by atoms with Crippen LogP contribution in [0.1, 0.15) is 0 Å². The molecular formula is C18H11Cl2N8O6S2. The van der Waals surface area contributed by atoms with Gasteiger partial charge in [-0.1, -0.05) is 12.1 Å². The first-order valence-electron chi connectivity index (χ1n) is 9.32. The third-order valence-electron chi connectivity index (χ3n) is 4.25. The van der Waals surface area contributed by atoms with Crippen LogP contribution in [0.5, 0.6) is 0 Å². The first kappa shape index (κ1) is 25.5. The van der Waals surface area contributed by atoms with E-state index < -0.39 is 30.0 Å². The van der Waals surface area contributed by atoms with Crippen LogP contribution in [0.2, 0.25) is 10.6 Å². The quantitative estimate of drug-likeness (QED) is 0.236. The smallest absolute Gasteiger partial charge is 0.297 e. The number of aromatic nitrogens is 6. The Morgan fingerprint density at radius 2 is 1.50 bits per heavy atom. The van der Waals surface area contributed by atoms with Crippen LogP contribution >= 0.6 is 23.2 Å². The third-order valence-corrected chi connectivity index (χ3v) is 6.40. The molecule has 0 aliphatic rings. The van der Waals surface area contributed by atoms with E-state index in [0.717, 1.165) is 6.07 Å². The molecule has 2 aromatic carbocycles. The largest absolute Gasteiger partial charge is 0.324 e. The molecule has 0 bridgehead atoms. The summed E-state index contributed by atoms with van der Waals surface area (Å²) < 4.78 is 66.7. The molecule has 36 heavy (non-hydrogen) atoms. The summed E-state index contributed by atoms with van der Waals surface area (Å²) in [6.07, 6.45) is 2.22. The molecule has 185 valence electrons. The molecule has 4 N–H and O–H groups in total. The molecule has 0 spiro atoms. The fourth-order valence-electron chi connectivity index (χ4n) is 2.91. The maximum Gasteiger partial charge on any atom is 0.297 e. The van der Waals surface area contributed by atoms with E-state index in [2.05, 4.69) is 46.9 Å². The lowest BCUT2D eigenvalue weighted by molar-refractivity contribution is 0.481. The van der Waals surface area contributed by atoms with Gasteiger partial charge in [0.1, 0.15) is 4.90 Å². The Hall–Kier alpha value is -3.54. The van der Waals surface area contributed by atoms with Crippen LogP contribution in [-0.2, 0) is 20.2 Å². The summed E-state index contributed by atoms with van der Waals surface area (Å²) in [5, 5.41) is 4.73. The van der Waals surface area contributed by atoms with E-state index in [9.17, 15) is 25.9 Å². The number of hydrogen-bond donors (Lipinski definition) is 4. The molecule has 0 atom stereocenters. The average molecular weight is 570 g/mol. The van der Waals surface area contributed by atoms with Crippen molar-refractivity contribution in [3.63, 3.8) is 0 Å². The van der Waals surface area contributed by atoms with E-state index >= 15 is 0 Å². The molecular weight excluding hydrogens is 559 g/mol. The van der Waals surface area contributed by atoms with Crippen LogP contribution < -0.4 is 10.6 Å². The number of rotatable bonds is 7. The zero-order valence-electron chi connectivity index (χ0n) is 17.3. The van der Waals surface area contributed by atoms with E-state index in [4.69, 9.17) is 23.2 Å². The number of benzene rings is 2. The number of nitrogens with zero attached hydrogens (tertiary/aromatic N) is 6. The van der Waals surface area contributed by atoms with Gasteiger partial charge in [0, 0.05) is 11.3 Å². The SMILES string of the molecule is O=S(=O)(O)c1cccc(Nc2nc(Cl)nc(-c3cccc(Nc4n[c]nc(Cl)n4)c3S(=O)(=O)O)n2)c1. The van der Waals surface area contributed by atoms with Gasteiger partial charge < -0.3 is 10.6 Å². The van der Waals surface area contributed by atoms with Gasteiger partial charge in [-0.05, 0) is 53.5 Å². The molecule has 0 unspecified atom stereocenters. The second-order valence-corrected chi connectivity index (χ2v) is 10.1. The van der Waals surface area contributed by atoms with E-state index in [0.29, 0.717) is 0 Å². The molecule has 2 aromatic heterocycles. The Bertz CT molecular complexity index is 1690. The molecule has 0 saturated heterocycles. The van der Waals surface area contributed by atoms with Crippen LogP contribution in [0.3, 0.4) is 0 Å².